The topological polar surface area (TPSA) is 52.7 Å². The Kier molecular flexibility index (Phi) is 7.34. The van der Waals surface area contributed by atoms with Crippen LogP contribution in [-0.2, 0) is 9.59 Å². The van der Waals surface area contributed by atoms with E-state index in [9.17, 15) is 9.59 Å². The monoisotopic (exact) mass is 391 g/mol. The number of hydrogen-bond donors (Lipinski definition) is 1. The van der Waals surface area contributed by atoms with Crippen LogP contribution >= 0.6 is 11.8 Å². The minimum atomic E-state index is -0.370. The van der Waals surface area contributed by atoms with E-state index in [1.807, 2.05) is 34.9 Å². The second kappa shape index (κ2) is 9.11. The van der Waals surface area contributed by atoms with Crippen molar-refractivity contribution >= 4 is 23.6 Å². The second-order valence-corrected chi connectivity index (χ2v) is 9.75. The van der Waals surface area contributed by atoms with Crippen molar-refractivity contribution < 1.29 is 9.59 Å². The van der Waals surface area contributed by atoms with Gasteiger partial charge in [0.2, 0.25) is 11.8 Å². The summed E-state index contributed by atoms with van der Waals surface area (Å²) in [4.78, 5) is 29.2. The van der Waals surface area contributed by atoms with Gasteiger partial charge in [0.1, 0.15) is 6.04 Å². The Hall–Kier alpha value is -1.53. The summed E-state index contributed by atoms with van der Waals surface area (Å²) in [6.07, 6.45) is 0.459. The normalized spacial score (nSPS) is 18.6. The van der Waals surface area contributed by atoms with Gasteiger partial charge in [-0.15, -0.1) is 11.8 Å². The summed E-state index contributed by atoms with van der Waals surface area (Å²) in [7, 11) is 4.03. The molecular formula is C21H33N3O2S. The number of thioether (sulfide) groups is 1. The van der Waals surface area contributed by atoms with Gasteiger partial charge in [-0.3, -0.25) is 9.59 Å². The summed E-state index contributed by atoms with van der Waals surface area (Å²) in [6.45, 7) is 8.74. The fourth-order valence-corrected chi connectivity index (χ4v) is 4.34. The van der Waals surface area contributed by atoms with Gasteiger partial charge < -0.3 is 15.1 Å². The van der Waals surface area contributed by atoms with E-state index >= 15 is 0 Å². The predicted molar refractivity (Wildman–Crippen MR) is 113 cm³/mol. The average molecular weight is 392 g/mol. The highest BCUT2D eigenvalue weighted by Gasteiger charge is 2.36. The average Bonchev–Trinajstić information content (AvgIpc) is 3.04. The number of benzene rings is 1. The van der Waals surface area contributed by atoms with Crippen LogP contribution in [0.25, 0.3) is 0 Å². The summed E-state index contributed by atoms with van der Waals surface area (Å²) >= 11 is 1.65. The lowest BCUT2D eigenvalue weighted by Gasteiger charge is -2.29. The minimum absolute atomic E-state index is 0.0544. The molecule has 2 atom stereocenters. The molecule has 0 bridgehead atoms. The minimum Gasteiger partial charge on any atom is -0.352 e. The third kappa shape index (κ3) is 6.25. The molecule has 1 saturated heterocycles. The Morgan fingerprint density at radius 1 is 1.26 bits per heavy atom. The van der Waals surface area contributed by atoms with Crippen molar-refractivity contribution in [2.24, 2.45) is 5.41 Å². The Morgan fingerprint density at radius 2 is 1.89 bits per heavy atom. The van der Waals surface area contributed by atoms with Gasteiger partial charge in [-0.1, -0.05) is 50.6 Å². The molecule has 0 saturated carbocycles. The van der Waals surface area contributed by atoms with E-state index in [1.165, 1.54) is 11.1 Å². The molecule has 0 aromatic heterocycles. The van der Waals surface area contributed by atoms with E-state index in [0.29, 0.717) is 24.6 Å². The predicted octanol–water partition coefficient (Wildman–Crippen LogP) is 3.05. The zero-order chi connectivity index (χ0) is 20.2. The van der Waals surface area contributed by atoms with Crippen LogP contribution in [0.4, 0.5) is 0 Å². The van der Waals surface area contributed by atoms with Gasteiger partial charge in [-0.2, -0.15) is 0 Å². The van der Waals surface area contributed by atoms with Crippen molar-refractivity contribution in [2.75, 3.05) is 32.3 Å². The van der Waals surface area contributed by atoms with Gasteiger partial charge in [-0.05, 0) is 32.0 Å². The molecule has 1 fully saturated rings. The lowest BCUT2D eigenvalue weighted by atomic mass is 9.91. The first-order valence-electron chi connectivity index (χ1n) is 9.46. The van der Waals surface area contributed by atoms with Gasteiger partial charge in [-0.25, -0.2) is 0 Å². The van der Waals surface area contributed by atoms with Gasteiger partial charge in [0.25, 0.3) is 0 Å². The summed E-state index contributed by atoms with van der Waals surface area (Å²) in [5.74, 6) is 1.28. The van der Waals surface area contributed by atoms with Crippen LogP contribution in [0.3, 0.4) is 0 Å². The van der Waals surface area contributed by atoms with E-state index < -0.39 is 0 Å². The Morgan fingerprint density at radius 3 is 2.44 bits per heavy atom. The molecule has 1 aromatic carbocycles. The standard InChI is InChI=1S/C21H33N3O2S/c1-15-7-9-16(10-8-15)17(23(5)6)12-22-20(26)18-13-27-14-24(18)19(25)11-21(2,3)4/h7-10,17-18H,11-14H2,1-6H3,(H,22,26). The van der Waals surface area contributed by atoms with Crippen molar-refractivity contribution in [2.45, 2.75) is 46.2 Å². The number of carbonyl (C=O) groups excluding carboxylic acids is 2. The molecule has 0 spiro atoms. The molecule has 2 rings (SSSR count). The molecule has 6 heteroatoms. The lowest BCUT2D eigenvalue weighted by molar-refractivity contribution is -0.139. The van der Waals surface area contributed by atoms with E-state index in [4.69, 9.17) is 0 Å². The number of amides is 2. The molecule has 5 nitrogen and oxygen atoms in total. The molecular weight excluding hydrogens is 358 g/mol. The summed E-state index contributed by atoms with van der Waals surface area (Å²) < 4.78 is 0. The van der Waals surface area contributed by atoms with Gasteiger partial charge >= 0.3 is 0 Å². The molecule has 27 heavy (non-hydrogen) atoms. The lowest BCUT2D eigenvalue weighted by Crippen LogP contribution is -2.49. The van der Waals surface area contributed by atoms with Gasteiger partial charge in [0.05, 0.1) is 11.9 Å². The van der Waals surface area contributed by atoms with Crippen LogP contribution in [0.1, 0.15) is 44.4 Å². The van der Waals surface area contributed by atoms with Crippen LogP contribution in [0.5, 0.6) is 0 Å². The molecule has 1 aromatic rings. The highest BCUT2D eigenvalue weighted by Crippen LogP contribution is 2.27. The number of carbonyl (C=O) groups is 2. The molecule has 1 heterocycles. The molecule has 2 unspecified atom stereocenters. The van der Waals surface area contributed by atoms with Crippen LogP contribution in [0.15, 0.2) is 24.3 Å². The number of likely N-dealkylation sites (N-methyl/N-ethyl adjacent to an activating group) is 1. The van der Waals surface area contributed by atoms with Crippen molar-refractivity contribution in [3.05, 3.63) is 35.4 Å². The van der Waals surface area contributed by atoms with Crippen molar-refractivity contribution in [3.8, 4) is 0 Å². The van der Waals surface area contributed by atoms with Crippen molar-refractivity contribution in [1.82, 2.24) is 15.1 Å². The molecule has 1 aliphatic heterocycles. The van der Waals surface area contributed by atoms with Gasteiger partial charge in [0.15, 0.2) is 0 Å². The van der Waals surface area contributed by atoms with E-state index in [-0.39, 0.29) is 29.3 Å². The first kappa shape index (κ1) is 21.8. The number of nitrogens with one attached hydrogen (secondary N) is 1. The highest BCUT2D eigenvalue weighted by atomic mass is 32.2. The van der Waals surface area contributed by atoms with Crippen LogP contribution in [0.2, 0.25) is 0 Å². The number of aryl methyl sites for hydroxylation is 1. The highest BCUT2D eigenvalue weighted by molar-refractivity contribution is 7.99. The maximum absolute atomic E-state index is 12.8. The first-order valence-corrected chi connectivity index (χ1v) is 10.6. The third-order valence-electron chi connectivity index (χ3n) is 4.74. The number of nitrogens with zero attached hydrogens (tertiary/aromatic N) is 2. The molecule has 1 aliphatic rings. The molecule has 150 valence electrons. The van der Waals surface area contributed by atoms with E-state index in [2.05, 4.69) is 41.4 Å². The Bertz CT molecular complexity index is 652. The quantitative estimate of drug-likeness (QED) is 0.810. The molecule has 0 aliphatic carbocycles. The second-order valence-electron chi connectivity index (χ2n) is 8.75. The number of rotatable bonds is 6. The molecule has 0 radical (unpaired) electrons. The summed E-state index contributed by atoms with van der Waals surface area (Å²) in [5.41, 5.74) is 2.32. The van der Waals surface area contributed by atoms with Crippen molar-refractivity contribution in [1.29, 1.82) is 0 Å². The molecule has 2 amide bonds. The number of hydrogen-bond acceptors (Lipinski definition) is 4. The summed E-state index contributed by atoms with van der Waals surface area (Å²) in [6, 6.07) is 8.13. The van der Waals surface area contributed by atoms with Crippen LogP contribution < -0.4 is 5.32 Å². The van der Waals surface area contributed by atoms with Crippen molar-refractivity contribution in [3.63, 3.8) is 0 Å². The molecule has 1 N–H and O–H groups in total. The zero-order valence-corrected chi connectivity index (χ0v) is 18.2. The fraction of sp³-hybridized carbons (Fsp3) is 0.619. The zero-order valence-electron chi connectivity index (χ0n) is 17.4. The van der Waals surface area contributed by atoms with Crippen LogP contribution in [0, 0.1) is 12.3 Å². The SMILES string of the molecule is Cc1ccc(C(CNC(=O)C2CSCN2C(=O)CC(C)(C)C)N(C)C)cc1. The maximum Gasteiger partial charge on any atom is 0.243 e. The van der Waals surface area contributed by atoms with E-state index in [0.717, 1.165) is 0 Å². The Balaban J connectivity index is 2.00. The third-order valence-corrected chi connectivity index (χ3v) is 5.75. The first-order chi connectivity index (χ1) is 12.6. The Labute approximate surface area is 167 Å². The summed E-state index contributed by atoms with van der Waals surface area (Å²) in [5, 5.41) is 3.08. The van der Waals surface area contributed by atoms with Gasteiger partial charge in [0, 0.05) is 18.7 Å². The van der Waals surface area contributed by atoms with E-state index in [1.54, 1.807) is 16.7 Å². The van der Waals surface area contributed by atoms with Crippen LogP contribution in [-0.4, -0.2) is 59.9 Å². The fourth-order valence-electron chi connectivity index (χ4n) is 3.16. The largest absolute Gasteiger partial charge is 0.352 e. The maximum atomic E-state index is 12.8. The smallest absolute Gasteiger partial charge is 0.243 e.